The van der Waals surface area contributed by atoms with Crippen molar-refractivity contribution in [2.24, 2.45) is 10.9 Å². The lowest BCUT2D eigenvalue weighted by Gasteiger charge is -2.36. The van der Waals surface area contributed by atoms with Crippen LogP contribution >= 0.6 is 0 Å². The molecule has 1 aliphatic rings. The molecule has 0 saturated carbocycles. The van der Waals surface area contributed by atoms with E-state index >= 15 is 0 Å². The predicted molar refractivity (Wildman–Crippen MR) is 83.0 cm³/mol. The summed E-state index contributed by atoms with van der Waals surface area (Å²) >= 11 is 0. The smallest absolute Gasteiger partial charge is 0.243 e. The molecule has 4 N–H and O–H groups in total. The third kappa shape index (κ3) is 3.49. The molecule has 2 rings (SSSR count). The van der Waals surface area contributed by atoms with Crippen LogP contribution in [-0.4, -0.2) is 39.8 Å². The van der Waals surface area contributed by atoms with Gasteiger partial charge in [-0.05, 0) is 38.0 Å². The van der Waals surface area contributed by atoms with Gasteiger partial charge in [0.15, 0.2) is 0 Å². The average molecular weight is 347 g/mol. The normalized spacial score (nSPS) is 22.4. The van der Waals surface area contributed by atoms with Crippen LogP contribution in [0.2, 0.25) is 0 Å². The molecule has 0 bridgehead atoms. The van der Waals surface area contributed by atoms with Gasteiger partial charge in [0.25, 0.3) is 0 Å². The van der Waals surface area contributed by atoms with E-state index in [2.05, 4.69) is 0 Å². The number of piperidine rings is 1. The molecule has 124 valence electrons. The molecule has 1 aliphatic heterocycles. The van der Waals surface area contributed by atoms with Crippen molar-refractivity contribution in [3.8, 4) is 0 Å². The lowest BCUT2D eigenvalue weighted by atomic mass is 10.00. The molecular formula is C13H21N3O4S2. The second kappa shape index (κ2) is 6.25. The number of nitrogens with zero attached hydrogens (tertiary/aromatic N) is 1. The Kier molecular flexibility index (Phi) is 4.93. The van der Waals surface area contributed by atoms with Crippen molar-refractivity contribution in [3.63, 3.8) is 0 Å². The molecule has 1 heterocycles. The van der Waals surface area contributed by atoms with Crippen LogP contribution in [0.4, 0.5) is 0 Å². The first-order valence-corrected chi connectivity index (χ1v) is 10.0. The van der Waals surface area contributed by atoms with Gasteiger partial charge in [-0.3, -0.25) is 0 Å². The van der Waals surface area contributed by atoms with E-state index in [0.29, 0.717) is 13.0 Å². The van der Waals surface area contributed by atoms with E-state index in [1.165, 1.54) is 22.5 Å². The minimum absolute atomic E-state index is 0.0772. The first kappa shape index (κ1) is 17.4. The number of nitrogens with two attached hydrogens (primary N) is 2. The summed E-state index contributed by atoms with van der Waals surface area (Å²) < 4.78 is 49.8. The summed E-state index contributed by atoms with van der Waals surface area (Å²) in [4.78, 5) is -0.297. The molecule has 0 radical (unpaired) electrons. The van der Waals surface area contributed by atoms with E-state index in [4.69, 9.17) is 10.9 Å². The Labute approximate surface area is 131 Å². The van der Waals surface area contributed by atoms with E-state index < -0.39 is 20.0 Å². The van der Waals surface area contributed by atoms with E-state index in [1.54, 1.807) is 6.92 Å². The van der Waals surface area contributed by atoms with Crippen LogP contribution in [0.15, 0.2) is 34.1 Å². The van der Waals surface area contributed by atoms with Crippen molar-refractivity contribution >= 4 is 20.0 Å². The van der Waals surface area contributed by atoms with E-state index in [0.717, 1.165) is 18.9 Å². The van der Waals surface area contributed by atoms with Gasteiger partial charge in [0.05, 0.1) is 9.79 Å². The molecule has 0 amide bonds. The number of hydrogen-bond donors (Lipinski definition) is 2. The molecule has 0 aliphatic carbocycles. The fraction of sp³-hybridized carbons (Fsp3) is 0.538. The molecule has 22 heavy (non-hydrogen) atoms. The van der Waals surface area contributed by atoms with Crippen LogP contribution in [0.3, 0.4) is 0 Å². The lowest BCUT2D eigenvalue weighted by Crippen LogP contribution is -2.51. The Morgan fingerprint density at radius 2 is 1.82 bits per heavy atom. The van der Waals surface area contributed by atoms with Crippen LogP contribution in [0.25, 0.3) is 0 Å². The minimum Gasteiger partial charge on any atom is -0.326 e. The van der Waals surface area contributed by atoms with Crippen LogP contribution < -0.4 is 10.9 Å². The van der Waals surface area contributed by atoms with Gasteiger partial charge in [-0.1, -0.05) is 12.5 Å². The first-order chi connectivity index (χ1) is 10.1. The first-order valence-electron chi connectivity index (χ1n) is 7.04. The summed E-state index contributed by atoms with van der Waals surface area (Å²) in [5.74, 6) is 0. The zero-order chi connectivity index (χ0) is 16.5. The maximum atomic E-state index is 12.8. The fourth-order valence-electron chi connectivity index (χ4n) is 2.70. The summed E-state index contributed by atoms with van der Waals surface area (Å²) in [6, 6.07) is 4.53. The monoisotopic (exact) mass is 347 g/mol. The van der Waals surface area contributed by atoms with Gasteiger partial charge in [0, 0.05) is 18.6 Å². The lowest BCUT2D eigenvalue weighted by molar-refractivity contribution is 0.227. The molecule has 2 atom stereocenters. The van der Waals surface area contributed by atoms with Gasteiger partial charge >= 0.3 is 0 Å². The Balaban J connectivity index is 2.46. The third-order valence-corrected chi connectivity index (χ3v) is 6.68. The highest BCUT2D eigenvalue weighted by molar-refractivity contribution is 7.90. The Bertz CT molecular complexity index is 744. The largest absolute Gasteiger partial charge is 0.326 e. The van der Waals surface area contributed by atoms with Gasteiger partial charge in [-0.2, -0.15) is 4.31 Å². The summed E-state index contributed by atoms with van der Waals surface area (Å²) in [5.41, 5.74) is 5.91. The molecule has 0 spiro atoms. The standard InChI is InChI=1S/C13H21N3O4S2/c1-10(14)13-7-2-3-8-16(13)22(19,20)12-6-4-5-11(9-12)21(15,17)18/h4-6,9-10,13H,2-3,7-8,14H2,1H3,(H2,15,17,18)/t10-,13-/m1/s1. The molecule has 0 unspecified atom stereocenters. The number of hydrogen-bond acceptors (Lipinski definition) is 5. The van der Waals surface area contributed by atoms with E-state index in [9.17, 15) is 16.8 Å². The zero-order valence-corrected chi connectivity index (χ0v) is 14.0. The topological polar surface area (TPSA) is 124 Å². The van der Waals surface area contributed by atoms with Crippen LogP contribution in [0.1, 0.15) is 26.2 Å². The summed E-state index contributed by atoms with van der Waals surface area (Å²) in [7, 11) is -7.76. The minimum atomic E-state index is -3.95. The quantitative estimate of drug-likeness (QED) is 0.806. The van der Waals surface area contributed by atoms with Gasteiger partial charge in [0.2, 0.25) is 20.0 Å². The van der Waals surface area contributed by atoms with Gasteiger partial charge < -0.3 is 5.73 Å². The molecule has 1 aromatic rings. The third-order valence-electron chi connectivity index (χ3n) is 3.85. The van der Waals surface area contributed by atoms with Crippen molar-refractivity contribution in [3.05, 3.63) is 24.3 Å². The molecule has 1 aromatic carbocycles. The number of primary sulfonamides is 1. The second-order valence-electron chi connectivity index (χ2n) is 5.56. The highest BCUT2D eigenvalue weighted by Crippen LogP contribution is 2.27. The fourth-order valence-corrected chi connectivity index (χ4v) is 5.16. The predicted octanol–water partition coefficient (Wildman–Crippen LogP) is 0.224. The van der Waals surface area contributed by atoms with Crippen LogP contribution in [-0.2, 0) is 20.0 Å². The number of rotatable bonds is 4. The summed E-state index contributed by atoms with van der Waals surface area (Å²) in [5, 5.41) is 5.07. The van der Waals surface area contributed by atoms with Gasteiger partial charge in [-0.15, -0.1) is 0 Å². The van der Waals surface area contributed by atoms with Crippen molar-refractivity contribution in [1.29, 1.82) is 0 Å². The van der Waals surface area contributed by atoms with Crippen molar-refractivity contribution < 1.29 is 16.8 Å². The molecule has 1 saturated heterocycles. The molecule has 1 fully saturated rings. The van der Waals surface area contributed by atoms with E-state index in [-0.39, 0.29) is 21.9 Å². The summed E-state index contributed by atoms with van der Waals surface area (Å²) in [6.07, 6.45) is 2.39. The van der Waals surface area contributed by atoms with Gasteiger partial charge in [-0.25, -0.2) is 22.0 Å². The molecule has 9 heteroatoms. The second-order valence-corrected chi connectivity index (χ2v) is 9.01. The van der Waals surface area contributed by atoms with Crippen molar-refractivity contribution in [2.75, 3.05) is 6.54 Å². The van der Waals surface area contributed by atoms with Gasteiger partial charge in [0.1, 0.15) is 0 Å². The molecule has 7 nitrogen and oxygen atoms in total. The zero-order valence-electron chi connectivity index (χ0n) is 12.3. The highest BCUT2D eigenvalue weighted by Gasteiger charge is 2.35. The Hall–Kier alpha value is -1.00. The number of sulfonamides is 2. The molecular weight excluding hydrogens is 326 g/mol. The maximum Gasteiger partial charge on any atom is 0.243 e. The van der Waals surface area contributed by atoms with Crippen molar-refractivity contribution in [2.45, 2.75) is 48.1 Å². The van der Waals surface area contributed by atoms with E-state index in [1.807, 2.05) is 0 Å². The van der Waals surface area contributed by atoms with Crippen molar-refractivity contribution in [1.82, 2.24) is 4.31 Å². The SMILES string of the molecule is C[C@@H](N)[C@H]1CCCCN1S(=O)(=O)c1cccc(S(N)(=O)=O)c1. The molecule has 0 aromatic heterocycles. The summed E-state index contributed by atoms with van der Waals surface area (Å²) in [6.45, 7) is 2.16. The van der Waals surface area contributed by atoms with Crippen LogP contribution in [0.5, 0.6) is 0 Å². The average Bonchev–Trinajstić information content (AvgIpc) is 2.46. The van der Waals surface area contributed by atoms with Crippen LogP contribution in [0, 0.1) is 0 Å². The Morgan fingerprint density at radius 1 is 1.18 bits per heavy atom. The highest BCUT2D eigenvalue weighted by atomic mass is 32.2. The Morgan fingerprint density at radius 3 is 2.41 bits per heavy atom. The number of benzene rings is 1. The maximum absolute atomic E-state index is 12.8.